The Morgan fingerprint density at radius 2 is 1.75 bits per heavy atom. The molecule has 0 radical (unpaired) electrons. The van der Waals surface area contributed by atoms with Gasteiger partial charge in [-0.1, -0.05) is 12.1 Å². The average Bonchev–Trinajstić information content (AvgIpc) is 2.65. The van der Waals surface area contributed by atoms with E-state index in [2.05, 4.69) is 11.1 Å². The van der Waals surface area contributed by atoms with E-state index in [9.17, 15) is 5.26 Å². The quantitative estimate of drug-likeness (QED) is 0.677. The van der Waals surface area contributed by atoms with Crippen LogP contribution in [0.15, 0.2) is 60.8 Å². The predicted octanol–water partition coefficient (Wildman–Crippen LogP) is 4.21. The standard InChI is InChI=1S/C20H16N2O2/c1-23-17-11-16(12-18(13-17)24-2)19(7-8-21)14-5-6-20-15(10-14)4-3-9-22-20/h3-7,9-13H,1-2H3/b19-7+. The molecule has 1 heterocycles. The Bertz CT molecular complexity index is 933. The normalized spacial score (nSPS) is 11.1. The summed E-state index contributed by atoms with van der Waals surface area (Å²) in [5, 5.41) is 10.2. The Morgan fingerprint density at radius 1 is 1.00 bits per heavy atom. The summed E-state index contributed by atoms with van der Waals surface area (Å²) in [5.74, 6) is 1.35. The van der Waals surface area contributed by atoms with Gasteiger partial charge in [0.2, 0.25) is 0 Å². The second-order valence-electron chi connectivity index (χ2n) is 5.20. The van der Waals surface area contributed by atoms with E-state index in [0.29, 0.717) is 11.5 Å². The highest BCUT2D eigenvalue weighted by Crippen LogP contribution is 2.31. The first-order valence-electron chi connectivity index (χ1n) is 7.43. The number of ether oxygens (including phenoxy) is 2. The zero-order chi connectivity index (χ0) is 16.9. The maximum Gasteiger partial charge on any atom is 0.123 e. The Balaban J connectivity index is 2.16. The molecule has 0 N–H and O–H groups in total. The maximum absolute atomic E-state index is 9.22. The average molecular weight is 316 g/mol. The van der Waals surface area contributed by atoms with Crippen LogP contribution in [0.4, 0.5) is 0 Å². The number of benzene rings is 2. The molecule has 3 rings (SSSR count). The second-order valence-corrected chi connectivity index (χ2v) is 5.20. The lowest BCUT2D eigenvalue weighted by molar-refractivity contribution is 0.394. The molecule has 0 atom stereocenters. The van der Waals surface area contributed by atoms with Gasteiger partial charge >= 0.3 is 0 Å². The van der Waals surface area contributed by atoms with Crippen molar-refractivity contribution in [2.75, 3.05) is 14.2 Å². The maximum atomic E-state index is 9.22. The van der Waals surface area contributed by atoms with E-state index < -0.39 is 0 Å². The topological polar surface area (TPSA) is 55.1 Å². The van der Waals surface area contributed by atoms with Gasteiger partial charge < -0.3 is 9.47 Å². The monoisotopic (exact) mass is 316 g/mol. The minimum atomic E-state index is 0.677. The molecule has 0 bridgehead atoms. The third kappa shape index (κ3) is 3.06. The van der Waals surface area contributed by atoms with Gasteiger partial charge in [0, 0.05) is 23.7 Å². The fourth-order valence-electron chi connectivity index (χ4n) is 2.60. The van der Waals surface area contributed by atoms with E-state index >= 15 is 0 Å². The lowest BCUT2D eigenvalue weighted by Gasteiger charge is -2.12. The molecule has 0 saturated carbocycles. The summed E-state index contributed by atoms with van der Waals surface area (Å²) in [4.78, 5) is 4.33. The van der Waals surface area contributed by atoms with Crippen LogP contribution in [0.1, 0.15) is 11.1 Å². The Kier molecular flexibility index (Phi) is 4.44. The highest BCUT2D eigenvalue weighted by molar-refractivity contribution is 5.88. The van der Waals surface area contributed by atoms with Gasteiger partial charge in [-0.25, -0.2) is 0 Å². The summed E-state index contributed by atoms with van der Waals surface area (Å²) in [6.07, 6.45) is 3.30. The van der Waals surface area contributed by atoms with Crippen LogP contribution in [-0.4, -0.2) is 19.2 Å². The predicted molar refractivity (Wildman–Crippen MR) is 94.0 cm³/mol. The van der Waals surface area contributed by atoms with Crippen molar-refractivity contribution in [2.45, 2.75) is 0 Å². The fourth-order valence-corrected chi connectivity index (χ4v) is 2.60. The minimum absolute atomic E-state index is 0.677. The Labute approximate surface area is 140 Å². The molecule has 4 nitrogen and oxygen atoms in total. The number of nitrogens with zero attached hydrogens (tertiary/aromatic N) is 2. The van der Waals surface area contributed by atoms with Gasteiger partial charge in [0.25, 0.3) is 0 Å². The molecule has 3 aromatic rings. The molecule has 0 aliphatic rings. The number of aromatic nitrogens is 1. The number of rotatable bonds is 4. The summed E-state index contributed by atoms with van der Waals surface area (Å²) in [5.41, 5.74) is 3.52. The zero-order valence-electron chi connectivity index (χ0n) is 13.5. The van der Waals surface area contributed by atoms with Gasteiger partial charge in [-0.2, -0.15) is 5.26 Å². The second kappa shape index (κ2) is 6.84. The van der Waals surface area contributed by atoms with Crippen LogP contribution in [0.25, 0.3) is 16.5 Å². The summed E-state index contributed by atoms with van der Waals surface area (Å²) >= 11 is 0. The molecule has 0 unspecified atom stereocenters. The fraction of sp³-hybridized carbons (Fsp3) is 0.100. The Hall–Kier alpha value is -3.32. The van der Waals surface area contributed by atoms with Crippen LogP contribution < -0.4 is 9.47 Å². The molecule has 0 amide bonds. The first-order chi connectivity index (χ1) is 11.7. The van der Waals surface area contributed by atoms with E-state index in [4.69, 9.17) is 9.47 Å². The van der Waals surface area contributed by atoms with E-state index in [1.54, 1.807) is 26.5 Å². The van der Waals surface area contributed by atoms with Gasteiger partial charge in [-0.3, -0.25) is 4.98 Å². The summed E-state index contributed by atoms with van der Waals surface area (Å²) < 4.78 is 10.7. The molecule has 4 heteroatoms. The largest absolute Gasteiger partial charge is 0.497 e. The SMILES string of the molecule is COc1cc(OC)cc(/C(=C/C#N)c2ccc3ncccc3c2)c1. The van der Waals surface area contributed by atoms with Crippen molar-refractivity contribution in [2.24, 2.45) is 0 Å². The van der Waals surface area contributed by atoms with Crippen molar-refractivity contribution < 1.29 is 9.47 Å². The van der Waals surface area contributed by atoms with Crippen molar-refractivity contribution >= 4 is 16.5 Å². The Morgan fingerprint density at radius 3 is 2.42 bits per heavy atom. The first kappa shape index (κ1) is 15.6. The molecule has 0 fully saturated rings. The van der Waals surface area contributed by atoms with E-state index in [-0.39, 0.29) is 0 Å². The highest BCUT2D eigenvalue weighted by atomic mass is 16.5. The van der Waals surface area contributed by atoms with Crippen LogP contribution in [-0.2, 0) is 0 Å². The zero-order valence-corrected chi connectivity index (χ0v) is 13.5. The van der Waals surface area contributed by atoms with E-state index in [0.717, 1.165) is 27.6 Å². The van der Waals surface area contributed by atoms with Gasteiger partial charge in [-0.05, 0) is 47.0 Å². The molecule has 0 saturated heterocycles. The molecule has 24 heavy (non-hydrogen) atoms. The lowest BCUT2D eigenvalue weighted by Crippen LogP contribution is -1.93. The van der Waals surface area contributed by atoms with Crippen molar-refractivity contribution in [1.82, 2.24) is 4.98 Å². The van der Waals surface area contributed by atoms with Crippen molar-refractivity contribution in [3.8, 4) is 17.6 Å². The number of methoxy groups -OCH3 is 2. The van der Waals surface area contributed by atoms with Gasteiger partial charge in [0.05, 0.1) is 25.8 Å². The number of nitriles is 1. The number of hydrogen-bond acceptors (Lipinski definition) is 4. The molecular weight excluding hydrogens is 300 g/mol. The van der Waals surface area contributed by atoms with Crippen LogP contribution >= 0.6 is 0 Å². The van der Waals surface area contributed by atoms with Crippen LogP contribution in [0, 0.1) is 11.3 Å². The van der Waals surface area contributed by atoms with Crippen LogP contribution in [0.2, 0.25) is 0 Å². The van der Waals surface area contributed by atoms with E-state index in [1.807, 2.05) is 42.5 Å². The molecule has 0 spiro atoms. The molecule has 0 aliphatic carbocycles. The van der Waals surface area contributed by atoms with Gasteiger partial charge in [-0.15, -0.1) is 0 Å². The number of pyridine rings is 1. The van der Waals surface area contributed by atoms with E-state index in [1.165, 1.54) is 6.08 Å². The molecule has 118 valence electrons. The number of allylic oxidation sites excluding steroid dienone is 1. The summed E-state index contributed by atoms with van der Waals surface area (Å²) in [6.45, 7) is 0. The van der Waals surface area contributed by atoms with Crippen LogP contribution in [0.3, 0.4) is 0 Å². The number of fused-ring (bicyclic) bond motifs is 1. The summed E-state index contributed by atoms with van der Waals surface area (Å²) in [6, 6.07) is 17.5. The van der Waals surface area contributed by atoms with Crippen molar-refractivity contribution in [1.29, 1.82) is 5.26 Å². The first-order valence-corrected chi connectivity index (χ1v) is 7.43. The number of hydrogen-bond donors (Lipinski definition) is 0. The highest BCUT2D eigenvalue weighted by Gasteiger charge is 2.10. The molecular formula is C20H16N2O2. The lowest BCUT2D eigenvalue weighted by atomic mass is 9.96. The van der Waals surface area contributed by atoms with Gasteiger partial charge in [0.15, 0.2) is 0 Å². The van der Waals surface area contributed by atoms with Gasteiger partial charge in [0.1, 0.15) is 11.5 Å². The van der Waals surface area contributed by atoms with Crippen LogP contribution in [0.5, 0.6) is 11.5 Å². The smallest absolute Gasteiger partial charge is 0.123 e. The molecule has 1 aromatic heterocycles. The van der Waals surface area contributed by atoms with Crippen molar-refractivity contribution in [3.05, 3.63) is 71.9 Å². The molecule has 2 aromatic carbocycles. The van der Waals surface area contributed by atoms with Crippen molar-refractivity contribution in [3.63, 3.8) is 0 Å². The summed E-state index contributed by atoms with van der Waals surface area (Å²) in [7, 11) is 3.21. The third-order valence-electron chi connectivity index (χ3n) is 3.79. The molecule has 0 aliphatic heterocycles. The minimum Gasteiger partial charge on any atom is -0.497 e. The third-order valence-corrected chi connectivity index (χ3v) is 3.79.